The molecule has 4 rings (SSSR count). The maximum Gasteiger partial charge on any atom is 0.123 e. The monoisotopic (exact) mass is 340 g/mol. The van der Waals surface area contributed by atoms with E-state index in [0.29, 0.717) is 23.6 Å². The molecule has 0 saturated heterocycles. The Balaban J connectivity index is 1.64. The number of nitrogens with zero attached hydrogens (tertiary/aromatic N) is 4. The smallest absolute Gasteiger partial charge is 0.123 e. The maximum atomic E-state index is 13.4. The Bertz CT molecular complexity index is 895. The molecule has 0 aliphatic heterocycles. The van der Waals surface area contributed by atoms with Gasteiger partial charge in [0.05, 0.1) is 23.7 Å². The fraction of sp³-hybridized carbons (Fsp3) is 0.368. The van der Waals surface area contributed by atoms with Gasteiger partial charge in [0.15, 0.2) is 0 Å². The van der Waals surface area contributed by atoms with Gasteiger partial charge in [0.2, 0.25) is 0 Å². The van der Waals surface area contributed by atoms with Crippen LogP contribution in [0.2, 0.25) is 0 Å². The van der Waals surface area contributed by atoms with Gasteiger partial charge in [0.1, 0.15) is 5.82 Å². The normalized spacial score (nSPS) is 14.7. The minimum atomic E-state index is -0.364. The van der Waals surface area contributed by atoms with Gasteiger partial charge in [-0.2, -0.15) is 10.2 Å². The molecule has 5 nitrogen and oxygen atoms in total. The highest BCUT2D eigenvalue weighted by molar-refractivity contribution is 5.42. The average molecular weight is 340 g/mol. The number of halogens is 1. The zero-order valence-electron chi connectivity index (χ0n) is 14.2. The first kappa shape index (κ1) is 16.0. The Hall–Kier alpha value is -2.47. The second-order valence-corrected chi connectivity index (χ2v) is 6.65. The number of hydrogen-bond acceptors (Lipinski definition) is 3. The number of aromatic nitrogens is 4. The average Bonchev–Trinajstić information content (AvgIpc) is 3.13. The van der Waals surface area contributed by atoms with Gasteiger partial charge in [-0.05, 0) is 43.2 Å². The zero-order valence-corrected chi connectivity index (χ0v) is 14.2. The van der Waals surface area contributed by atoms with Gasteiger partial charge in [0.25, 0.3) is 0 Å². The lowest BCUT2D eigenvalue weighted by Crippen LogP contribution is -2.12. The summed E-state index contributed by atoms with van der Waals surface area (Å²) in [5.41, 5.74) is 4.46. The van der Waals surface area contributed by atoms with Gasteiger partial charge < -0.3 is 5.11 Å². The van der Waals surface area contributed by atoms with E-state index in [1.54, 1.807) is 16.9 Å². The SMILES string of the molecule is Cn1nc(Cc2ccnn2-c2ccc(F)cc2CO)cc1C1CCC1. The number of rotatable bonds is 5. The zero-order chi connectivity index (χ0) is 17.4. The Morgan fingerprint density at radius 1 is 1.24 bits per heavy atom. The molecule has 1 N–H and O–H groups in total. The minimum absolute atomic E-state index is 0.234. The van der Waals surface area contributed by atoms with Crippen molar-refractivity contribution in [1.82, 2.24) is 19.6 Å². The second-order valence-electron chi connectivity index (χ2n) is 6.65. The van der Waals surface area contributed by atoms with Gasteiger partial charge in [-0.1, -0.05) is 6.42 Å². The molecule has 1 aliphatic rings. The van der Waals surface area contributed by atoms with Crippen LogP contribution in [0.15, 0.2) is 36.5 Å². The molecule has 3 aromatic rings. The molecule has 1 fully saturated rings. The molecule has 1 aliphatic carbocycles. The van der Waals surface area contributed by atoms with Gasteiger partial charge in [0, 0.05) is 36.8 Å². The molecule has 25 heavy (non-hydrogen) atoms. The van der Waals surface area contributed by atoms with Gasteiger partial charge in [-0.3, -0.25) is 4.68 Å². The molecule has 1 saturated carbocycles. The molecule has 0 spiro atoms. The third-order valence-corrected chi connectivity index (χ3v) is 5.01. The first-order valence-corrected chi connectivity index (χ1v) is 8.61. The van der Waals surface area contributed by atoms with Crippen LogP contribution in [-0.4, -0.2) is 24.7 Å². The third-order valence-electron chi connectivity index (χ3n) is 5.01. The Morgan fingerprint density at radius 3 is 2.80 bits per heavy atom. The lowest BCUT2D eigenvalue weighted by molar-refractivity contribution is 0.280. The second kappa shape index (κ2) is 6.44. The predicted molar refractivity (Wildman–Crippen MR) is 92.1 cm³/mol. The van der Waals surface area contributed by atoms with E-state index in [2.05, 4.69) is 16.3 Å². The summed E-state index contributed by atoms with van der Waals surface area (Å²) in [6.45, 7) is -0.234. The first-order valence-electron chi connectivity index (χ1n) is 8.61. The summed E-state index contributed by atoms with van der Waals surface area (Å²) in [5, 5.41) is 18.5. The van der Waals surface area contributed by atoms with E-state index < -0.39 is 0 Å². The summed E-state index contributed by atoms with van der Waals surface area (Å²) in [4.78, 5) is 0. The quantitative estimate of drug-likeness (QED) is 0.776. The van der Waals surface area contributed by atoms with Crippen LogP contribution in [-0.2, 0) is 20.1 Å². The van der Waals surface area contributed by atoms with Gasteiger partial charge in [-0.25, -0.2) is 9.07 Å². The predicted octanol–water partition coefficient (Wildman–Crippen LogP) is 3.10. The largest absolute Gasteiger partial charge is 0.392 e. The fourth-order valence-electron chi connectivity index (χ4n) is 3.47. The van der Waals surface area contributed by atoms with Crippen molar-refractivity contribution in [2.45, 2.75) is 38.2 Å². The molecule has 0 bridgehead atoms. The summed E-state index contributed by atoms with van der Waals surface area (Å²) in [5.74, 6) is 0.269. The summed E-state index contributed by atoms with van der Waals surface area (Å²) in [7, 11) is 2.00. The molecule has 0 unspecified atom stereocenters. The Morgan fingerprint density at radius 2 is 2.08 bits per heavy atom. The van der Waals surface area contributed by atoms with Crippen molar-refractivity contribution in [3.05, 3.63) is 65.0 Å². The van der Waals surface area contributed by atoms with Gasteiger partial charge in [-0.15, -0.1) is 0 Å². The summed E-state index contributed by atoms with van der Waals surface area (Å²) in [6.07, 6.45) is 6.14. The van der Waals surface area contributed by atoms with Gasteiger partial charge >= 0.3 is 0 Å². The van der Waals surface area contributed by atoms with Crippen LogP contribution in [0.25, 0.3) is 5.69 Å². The third kappa shape index (κ3) is 2.98. The van der Waals surface area contributed by atoms with E-state index in [9.17, 15) is 9.50 Å². The van der Waals surface area contributed by atoms with Crippen molar-refractivity contribution in [2.75, 3.05) is 0 Å². The van der Waals surface area contributed by atoms with Crippen LogP contribution >= 0.6 is 0 Å². The molecule has 0 radical (unpaired) electrons. The minimum Gasteiger partial charge on any atom is -0.392 e. The molecule has 0 amide bonds. The maximum absolute atomic E-state index is 13.4. The molecule has 2 heterocycles. The number of hydrogen-bond donors (Lipinski definition) is 1. The molecule has 2 aromatic heterocycles. The molecule has 130 valence electrons. The highest BCUT2D eigenvalue weighted by Gasteiger charge is 2.23. The Kier molecular flexibility index (Phi) is 4.13. The number of aliphatic hydroxyl groups is 1. The van der Waals surface area contributed by atoms with E-state index >= 15 is 0 Å². The summed E-state index contributed by atoms with van der Waals surface area (Å²) < 4.78 is 17.2. The molecular formula is C19H21FN4O. The number of aryl methyl sites for hydroxylation is 1. The summed E-state index contributed by atoms with van der Waals surface area (Å²) >= 11 is 0. The van der Waals surface area contributed by atoms with E-state index in [1.165, 1.54) is 37.1 Å². The van der Waals surface area contributed by atoms with Crippen molar-refractivity contribution in [1.29, 1.82) is 0 Å². The molecular weight excluding hydrogens is 319 g/mol. The number of aliphatic hydroxyl groups excluding tert-OH is 1. The highest BCUT2D eigenvalue weighted by Crippen LogP contribution is 2.36. The van der Waals surface area contributed by atoms with Crippen molar-refractivity contribution in [3.8, 4) is 5.69 Å². The van der Waals surface area contributed by atoms with Crippen LogP contribution in [0.1, 0.15) is 47.8 Å². The van der Waals surface area contributed by atoms with Crippen LogP contribution in [0, 0.1) is 5.82 Å². The van der Waals surface area contributed by atoms with E-state index in [1.807, 2.05) is 17.8 Å². The lowest BCUT2D eigenvalue weighted by atomic mass is 9.83. The number of benzene rings is 1. The lowest BCUT2D eigenvalue weighted by Gasteiger charge is -2.25. The van der Waals surface area contributed by atoms with E-state index in [-0.39, 0.29) is 12.4 Å². The van der Waals surface area contributed by atoms with Crippen LogP contribution in [0.3, 0.4) is 0 Å². The first-order chi connectivity index (χ1) is 12.2. The fourth-order valence-corrected chi connectivity index (χ4v) is 3.47. The van der Waals surface area contributed by atoms with E-state index in [4.69, 9.17) is 0 Å². The van der Waals surface area contributed by atoms with Crippen molar-refractivity contribution < 1.29 is 9.50 Å². The van der Waals surface area contributed by atoms with Crippen LogP contribution < -0.4 is 0 Å². The topological polar surface area (TPSA) is 55.9 Å². The standard InChI is InChI=1S/C19H21FN4O/c1-23-19(13-3-2-4-13)11-16(22-23)10-17-7-8-21-24(17)18-6-5-15(20)9-14(18)12-25/h5-9,11,13,25H,2-4,10,12H2,1H3. The van der Waals surface area contributed by atoms with Crippen molar-refractivity contribution >= 4 is 0 Å². The van der Waals surface area contributed by atoms with Crippen LogP contribution in [0.4, 0.5) is 4.39 Å². The molecule has 6 heteroatoms. The van der Waals surface area contributed by atoms with Crippen LogP contribution in [0.5, 0.6) is 0 Å². The summed E-state index contributed by atoms with van der Waals surface area (Å²) in [6, 6.07) is 8.49. The highest BCUT2D eigenvalue weighted by atomic mass is 19.1. The van der Waals surface area contributed by atoms with E-state index in [0.717, 1.165) is 11.4 Å². The van der Waals surface area contributed by atoms with Crippen molar-refractivity contribution in [3.63, 3.8) is 0 Å². The Labute approximate surface area is 145 Å². The molecule has 0 atom stereocenters. The van der Waals surface area contributed by atoms with Crippen molar-refractivity contribution in [2.24, 2.45) is 7.05 Å². The molecule has 1 aromatic carbocycles.